The second-order valence-electron chi connectivity index (χ2n) is 6.92. The molecule has 0 spiro atoms. The fraction of sp³-hybridized carbons (Fsp3) is 0.364. The van der Waals surface area contributed by atoms with E-state index in [1.165, 1.54) is 0 Å². The molecular weight excluding hydrogens is 436 g/mol. The summed E-state index contributed by atoms with van der Waals surface area (Å²) in [5.74, 6) is 1.19. The lowest BCUT2D eigenvalue weighted by Crippen LogP contribution is -2.46. The molecule has 2 amide bonds. The Hall–Kier alpha value is -2.54. The van der Waals surface area contributed by atoms with Crippen molar-refractivity contribution < 1.29 is 19.1 Å². The molecule has 1 heterocycles. The highest BCUT2D eigenvalue weighted by Gasteiger charge is 2.25. The number of hydrogen-bond acceptors (Lipinski definition) is 4. The van der Waals surface area contributed by atoms with Gasteiger partial charge in [0.25, 0.3) is 0 Å². The van der Waals surface area contributed by atoms with E-state index in [0.29, 0.717) is 38.3 Å². The Morgan fingerprint density at radius 1 is 1.10 bits per heavy atom. The highest BCUT2D eigenvalue weighted by atomic mass is 79.9. The van der Waals surface area contributed by atoms with Crippen LogP contribution in [0.5, 0.6) is 11.5 Å². The van der Waals surface area contributed by atoms with Crippen molar-refractivity contribution in [3.8, 4) is 11.5 Å². The molecule has 1 aliphatic rings. The lowest BCUT2D eigenvalue weighted by atomic mass is 10.1. The molecule has 1 aliphatic heterocycles. The minimum absolute atomic E-state index is 0.0732. The lowest BCUT2D eigenvalue weighted by molar-refractivity contribution is -0.140. The maximum absolute atomic E-state index is 13.0. The van der Waals surface area contributed by atoms with E-state index >= 15 is 0 Å². The van der Waals surface area contributed by atoms with Crippen LogP contribution in [-0.2, 0) is 22.6 Å². The molecule has 1 N–H and O–H groups in total. The number of rotatable bonds is 7. The van der Waals surface area contributed by atoms with Gasteiger partial charge < -0.3 is 19.7 Å². The van der Waals surface area contributed by atoms with Crippen LogP contribution in [0.1, 0.15) is 24.5 Å². The highest BCUT2D eigenvalue weighted by molar-refractivity contribution is 9.10. The highest BCUT2D eigenvalue weighted by Crippen LogP contribution is 2.31. The number of aryl methyl sites for hydroxylation is 1. The van der Waals surface area contributed by atoms with E-state index in [9.17, 15) is 9.59 Å². The largest absolute Gasteiger partial charge is 0.486 e. The first-order chi connectivity index (χ1) is 14.0. The molecule has 0 saturated carbocycles. The smallest absolute Gasteiger partial charge is 0.242 e. The quantitative estimate of drug-likeness (QED) is 0.687. The predicted octanol–water partition coefficient (Wildman–Crippen LogP) is 3.32. The Bertz CT molecular complexity index is 887. The van der Waals surface area contributed by atoms with Crippen LogP contribution >= 0.6 is 15.9 Å². The van der Waals surface area contributed by atoms with Crippen LogP contribution in [0.4, 0.5) is 0 Å². The Balaban J connectivity index is 1.71. The third-order valence-electron chi connectivity index (χ3n) is 4.89. The summed E-state index contributed by atoms with van der Waals surface area (Å²) in [6.45, 7) is 3.19. The summed E-state index contributed by atoms with van der Waals surface area (Å²) in [7, 11) is 1.58. The van der Waals surface area contributed by atoms with Crippen molar-refractivity contribution in [2.45, 2.75) is 32.4 Å². The van der Waals surface area contributed by atoms with Crippen molar-refractivity contribution in [2.75, 3.05) is 20.3 Å². The van der Waals surface area contributed by atoms with E-state index in [0.717, 1.165) is 21.3 Å². The third-order valence-corrected chi connectivity index (χ3v) is 5.38. The second kappa shape index (κ2) is 9.78. The zero-order valence-corrected chi connectivity index (χ0v) is 18.2. The van der Waals surface area contributed by atoms with Crippen LogP contribution in [0.25, 0.3) is 0 Å². The molecule has 29 heavy (non-hydrogen) atoms. The van der Waals surface area contributed by atoms with Gasteiger partial charge >= 0.3 is 0 Å². The van der Waals surface area contributed by atoms with E-state index in [4.69, 9.17) is 9.47 Å². The van der Waals surface area contributed by atoms with E-state index < -0.39 is 6.04 Å². The zero-order chi connectivity index (χ0) is 20.8. The van der Waals surface area contributed by atoms with Crippen molar-refractivity contribution >= 4 is 27.7 Å². The van der Waals surface area contributed by atoms with E-state index in [1.807, 2.05) is 42.5 Å². The zero-order valence-electron chi connectivity index (χ0n) is 16.6. The first-order valence-electron chi connectivity index (χ1n) is 9.62. The molecule has 7 heteroatoms. The van der Waals surface area contributed by atoms with Crippen LogP contribution in [0, 0.1) is 0 Å². The van der Waals surface area contributed by atoms with Crippen LogP contribution in [0.15, 0.2) is 46.9 Å². The fourth-order valence-corrected chi connectivity index (χ4v) is 3.71. The molecule has 6 nitrogen and oxygen atoms in total. The average molecular weight is 461 g/mol. The van der Waals surface area contributed by atoms with Crippen molar-refractivity contribution in [1.82, 2.24) is 10.2 Å². The number of fused-ring (bicyclic) bond motifs is 1. The van der Waals surface area contributed by atoms with Gasteiger partial charge in [0.1, 0.15) is 19.3 Å². The summed E-state index contributed by atoms with van der Waals surface area (Å²) in [5.41, 5.74) is 1.96. The maximum Gasteiger partial charge on any atom is 0.242 e. The van der Waals surface area contributed by atoms with Gasteiger partial charge in [-0.2, -0.15) is 0 Å². The van der Waals surface area contributed by atoms with Crippen molar-refractivity contribution in [3.63, 3.8) is 0 Å². The van der Waals surface area contributed by atoms with Crippen molar-refractivity contribution in [3.05, 3.63) is 58.1 Å². The lowest BCUT2D eigenvalue weighted by Gasteiger charge is -2.28. The molecule has 2 aromatic rings. The standard InChI is InChI=1S/C22H25BrN2O4/c1-15(22(27)24-2)25(14-17-4-3-5-18(23)12-17)21(26)9-7-16-6-8-19-20(13-16)29-11-10-28-19/h3-6,8,12-13,15H,7,9-11,14H2,1-2H3,(H,24,27)/t15-/m1/s1. The van der Waals surface area contributed by atoms with Gasteiger partial charge in [0.2, 0.25) is 11.8 Å². The number of nitrogens with zero attached hydrogens (tertiary/aromatic N) is 1. The number of nitrogens with one attached hydrogen (secondary N) is 1. The molecule has 0 aromatic heterocycles. The summed E-state index contributed by atoms with van der Waals surface area (Å²) in [6, 6.07) is 12.9. The molecule has 0 unspecified atom stereocenters. The molecule has 154 valence electrons. The molecule has 0 bridgehead atoms. The summed E-state index contributed by atoms with van der Waals surface area (Å²) >= 11 is 3.46. The normalized spacial score (nSPS) is 13.5. The second-order valence-corrected chi connectivity index (χ2v) is 7.84. The van der Waals surface area contributed by atoms with Gasteiger partial charge in [0.05, 0.1) is 0 Å². The number of halogens is 1. The molecule has 0 aliphatic carbocycles. The first-order valence-corrected chi connectivity index (χ1v) is 10.4. The Morgan fingerprint density at radius 2 is 1.86 bits per heavy atom. The average Bonchev–Trinajstić information content (AvgIpc) is 2.74. The van der Waals surface area contributed by atoms with E-state index in [2.05, 4.69) is 21.2 Å². The molecule has 1 atom stereocenters. The SMILES string of the molecule is CNC(=O)[C@@H](C)N(Cc1cccc(Br)c1)C(=O)CCc1ccc2c(c1)OCCO2. The van der Waals surface area contributed by atoms with Crippen molar-refractivity contribution in [2.24, 2.45) is 0 Å². The van der Waals surface area contributed by atoms with Crippen molar-refractivity contribution in [1.29, 1.82) is 0 Å². The van der Waals surface area contributed by atoms with Gasteiger partial charge in [-0.25, -0.2) is 0 Å². The maximum atomic E-state index is 13.0. The summed E-state index contributed by atoms with van der Waals surface area (Å²) in [6.07, 6.45) is 0.861. The molecule has 0 saturated heterocycles. The number of ether oxygens (including phenoxy) is 2. The number of hydrogen-bond donors (Lipinski definition) is 1. The predicted molar refractivity (Wildman–Crippen MR) is 114 cm³/mol. The first kappa shape index (κ1) is 21.2. The van der Waals surface area contributed by atoms with Crippen LogP contribution in [-0.4, -0.2) is 43.0 Å². The van der Waals surface area contributed by atoms with Crippen LogP contribution in [0.3, 0.4) is 0 Å². The van der Waals surface area contributed by atoms with Crippen LogP contribution < -0.4 is 14.8 Å². The van der Waals surface area contributed by atoms with Gasteiger partial charge in [0, 0.05) is 24.5 Å². The molecule has 3 rings (SSSR count). The minimum atomic E-state index is -0.563. The summed E-state index contributed by atoms with van der Waals surface area (Å²) < 4.78 is 12.1. The molecular formula is C22H25BrN2O4. The van der Waals surface area contributed by atoms with Gasteiger partial charge in [-0.15, -0.1) is 0 Å². The van der Waals surface area contributed by atoms with Gasteiger partial charge in [-0.1, -0.05) is 34.1 Å². The third kappa shape index (κ3) is 5.50. The van der Waals surface area contributed by atoms with Gasteiger partial charge in [0.15, 0.2) is 11.5 Å². The monoisotopic (exact) mass is 460 g/mol. The molecule has 2 aromatic carbocycles. The molecule has 0 fully saturated rings. The number of amides is 2. The van der Waals surface area contributed by atoms with Crippen LogP contribution in [0.2, 0.25) is 0 Å². The number of benzene rings is 2. The minimum Gasteiger partial charge on any atom is -0.486 e. The van der Waals surface area contributed by atoms with E-state index in [1.54, 1.807) is 18.9 Å². The van der Waals surface area contributed by atoms with E-state index in [-0.39, 0.29) is 11.8 Å². The number of likely N-dealkylation sites (N-methyl/N-ethyl adjacent to an activating group) is 1. The Kier molecular flexibility index (Phi) is 7.14. The number of carbonyl (C=O) groups is 2. The topological polar surface area (TPSA) is 67.9 Å². The Labute approximate surface area is 179 Å². The molecule has 0 radical (unpaired) electrons. The Morgan fingerprint density at radius 3 is 2.59 bits per heavy atom. The summed E-state index contributed by atoms with van der Waals surface area (Å²) in [4.78, 5) is 26.9. The van der Waals surface area contributed by atoms with Gasteiger partial charge in [-0.3, -0.25) is 9.59 Å². The summed E-state index contributed by atoms with van der Waals surface area (Å²) in [5, 5.41) is 2.63. The fourth-order valence-electron chi connectivity index (χ4n) is 3.26. The van der Waals surface area contributed by atoms with Gasteiger partial charge in [-0.05, 0) is 48.7 Å². The number of carbonyl (C=O) groups excluding carboxylic acids is 2.